The molecule has 1 unspecified atom stereocenters. The van der Waals surface area contributed by atoms with Crippen molar-refractivity contribution in [2.45, 2.75) is 52.0 Å². The van der Waals surface area contributed by atoms with Crippen molar-refractivity contribution in [2.24, 2.45) is 11.3 Å². The van der Waals surface area contributed by atoms with E-state index < -0.39 is 24.1 Å². The van der Waals surface area contributed by atoms with Crippen LogP contribution in [0.15, 0.2) is 54.6 Å². The second-order valence-corrected chi connectivity index (χ2v) is 9.73. The van der Waals surface area contributed by atoms with Gasteiger partial charge in [-0.05, 0) is 34.9 Å². The molecule has 1 aliphatic heterocycles. The first kappa shape index (κ1) is 23.8. The summed E-state index contributed by atoms with van der Waals surface area (Å²) in [6.07, 6.45) is 0.103. The van der Waals surface area contributed by atoms with Gasteiger partial charge < -0.3 is 19.7 Å². The molecule has 2 aromatic rings. The Balaban J connectivity index is 1.35. The van der Waals surface area contributed by atoms with Crippen LogP contribution in [-0.2, 0) is 33.8 Å². The van der Waals surface area contributed by atoms with Crippen molar-refractivity contribution < 1.29 is 19.1 Å². The lowest BCUT2D eigenvalue weighted by Crippen LogP contribution is -2.48. The molecule has 1 N–H and O–H groups in total. The highest BCUT2D eigenvalue weighted by molar-refractivity contribution is 5.85. The van der Waals surface area contributed by atoms with E-state index in [2.05, 4.69) is 17.5 Å². The fraction of sp³-hybridized carbons (Fsp3) is 0.444. The van der Waals surface area contributed by atoms with Gasteiger partial charge in [0.1, 0.15) is 6.04 Å². The standard InChI is InChI=1S/C27H31N3O4/c1-27(2)14-23(27)24(34-26(32)30-13-12-20-10-6-7-11-21(20)16-30)25(31)29-22(15-28)18-33-17-19-8-4-3-5-9-19/h3-11,22-24H,12-14,16-18H2,1-2H3,(H,29,31)/t22-,23?,24+/m1/s1. The molecule has 2 aliphatic rings. The topological polar surface area (TPSA) is 91.7 Å². The molecule has 0 saturated heterocycles. The summed E-state index contributed by atoms with van der Waals surface area (Å²) in [5.74, 6) is -0.533. The zero-order valence-corrected chi connectivity index (χ0v) is 19.7. The molecule has 7 nitrogen and oxygen atoms in total. The number of rotatable bonds is 8. The molecule has 34 heavy (non-hydrogen) atoms. The lowest BCUT2D eigenvalue weighted by atomic mass is 10.0. The van der Waals surface area contributed by atoms with Gasteiger partial charge in [0, 0.05) is 19.0 Å². The fourth-order valence-corrected chi connectivity index (χ4v) is 4.41. The molecular formula is C27H31N3O4. The quantitative estimate of drug-likeness (QED) is 0.645. The summed E-state index contributed by atoms with van der Waals surface area (Å²) in [7, 11) is 0. The Bertz CT molecular complexity index is 1060. The van der Waals surface area contributed by atoms with Crippen molar-refractivity contribution in [1.82, 2.24) is 10.2 Å². The molecule has 1 fully saturated rings. The maximum absolute atomic E-state index is 13.1. The summed E-state index contributed by atoms with van der Waals surface area (Å²) in [6, 6.07) is 18.9. The van der Waals surface area contributed by atoms with Crippen molar-refractivity contribution in [2.75, 3.05) is 13.2 Å². The van der Waals surface area contributed by atoms with Crippen molar-refractivity contribution in [3.63, 3.8) is 0 Å². The first-order chi connectivity index (χ1) is 16.4. The Morgan fingerprint density at radius 3 is 2.50 bits per heavy atom. The van der Waals surface area contributed by atoms with E-state index >= 15 is 0 Å². The number of nitrogens with zero attached hydrogens (tertiary/aromatic N) is 2. The SMILES string of the molecule is CC1(C)CC1[C@H](OC(=O)N1CCc2ccccc2C1)C(=O)N[C@H](C#N)COCc1ccccc1. The molecule has 4 rings (SSSR count). The normalized spacial score (nSPS) is 19.8. The molecule has 0 radical (unpaired) electrons. The summed E-state index contributed by atoms with van der Waals surface area (Å²) >= 11 is 0. The van der Waals surface area contributed by atoms with Crippen LogP contribution in [0.2, 0.25) is 0 Å². The summed E-state index contributed by atoms with van der Waals surface area (Å²) in [5, 5.41) is 12.2. The number of nitriles is 1. The third-order valence-corrected chi connectivity index (χ3v) is 6.70. The minimum Gasteiger partial charge on any atom is -0.436 e. The molecular weight excluding hydrogens is 430 g/mol. The Hall–Kier alpha value is -3.37. The van der Waals surface area contributed by atoms with E-state index in [1.54, 1.807) is 4.90 Å². The van der Waals surface area contributed by atoms with Crippen LogP contribution < -0.4 is 5.32 Å². The van der Waals surface area contributed by atoms with E-state index in [1.165, 1.54) is 5.56 Å². The first-order valence-corrected chi connectivity index (χ1v) is 11.7. The van der Waals surface area contributed by atoms with Crippen LogP contribution in [0, 0.1) is 22.7 Å². The van der Waals surface area contributed by atoms with Gasteiger partial charge in [-0.3, -0.25) is 4.79 Å². The van der Waals surface area contributed by atoms with E-state index in [9.17, 15) is 14.9 Å². The maximum atomic E-state index is 13.1. The molecule has 0 spiro atoms. The van der Waals surface area contributed by atoms with E-state index in [0.29, 0.717) is 19.7 Å². The van der Waals surface area contributed by atoms with Crippen LogP contribution in [0.25, 0.3) is 0 Å². The number of amides is 2. The average Bonchev–Trinajstić information content (AvgIpc) is 3.49. The Morgan fingerprint density at radius 2 is 1.82 bits per heavy atom. The third-order valence-electron chi connectivity index (χ3n) is 6.70. The number of hydrogen-bond donors (Lipinski definition) is 1. The summed E-state index contributed by atoms with van der Waals surface area (Å²) in [4.78, 5) is 27.7. The minimum atomic E-state index is -0.940. The van der Waals surface area contributed by atoms with E-state index in [1.807, 2.05) is 62.4 Å². The number of nitrogens with one attached hydrogen (secondary N) is 1. The van der Waals surface area contributed by atoms with Crippen LogP contribution in [0.5, 0.6) is 0 Å². The molecule has 7 heteroatoms. The van der Waals surface area contributed by atoms with Crippen molar-refractivity contribution >= 4 is 12.0 Å². The number of benzene rings is 2. The molecule has 0 aromatic heterocycles. The van der Waals surface area contributed by atoms with Gasteiger partial charge in [0.15, 0.2) is 6.10 Å². The molecule has 1 aliphatic carbocycles. The Kier molecular flexibility index (Phi) is 7.18. The van der Waals surface area contributed by atoms with E-state index in [4.69, 9.17) is 9.47 Å². The number of hydrogen-bond acceptors (Lipinski definition) is 5. The van der Waals surface area contributed by atoms with Crippen LogP contribution in [0.1, 0.15) is 37.0 Å². The molecule has 0 bridgehead atoms. The van der Waals surface area contributed by atoms with Crippen LogP contribution in [0.4, 0.5) is 4.79 Å². The highest BCUT2D eigenvalue weighted by Gasteiger charge is 2.55. The van der Waals surface area contributed by atoms with Gasteiger partial charge in [-0.15, -0.1) is 0 Å². The van der Waals surface area contributed by atoms with Crippen LogP contribution >= 0.6 is 0 Å². The first-order valence-electron chi connectivity index (χ1n) is 11.7. The predicted molar refractivity (Wildman–Crippen MR) is 126 cm³/mol. The predicted octanol–water partition coefficient (Wildman–Crippen LogP) is 3.82. The highest BCUT2D eigenvalue weighted by Crippen LogP contribution is 2.54. The van der Waals surface area contributed by atoms with Crippen LogP contribution in [0.3, 0.4) is 0 Å². The van der Waals surface area contributed by atoms with Crippen LogP contribution in [-0.4, -0.2) is 42.2 Å². The van der Waals surface area contributed by atoms with Gasteiger partial charge >= 0.3 is 6.09 Å². The smallest absolute Gasteiger partial charge is 0.410 e. The van der Waals surface area contributed by atoms with Gasteiger partial charge in [-0.25, -0.2) is 4.79 Å². The number of fused-ring (bicyclic) bond motifs is 1. The molecule has 1 heterocycles. The van der Waals surface area contributed by atoms with E-state index in [-0.39, 0.29) is 17.9 Å². The molecule has 178 valence electrons. The van der Waals surface area contributed by atoms with Gasteiger partial charge in [0.25, 0.3) is 5.91 Å². The summed E-state index contributed by atoms with van der Waals surface area (Å²) in [6.45, 7) is 5.51. The number of ether oxygens (including phenoxy) is 2. The second-order valence-electron chi connectivity index (χ2n) is 9.73. The molecule has 2 amide bonds. The van der Waals surface area contributed by atoms with Crippen molar-refractivity contribution in [3.05, 3.63) is 71.3 Å². The number of carbonyl (C=O) groups excluding carboxylic acids is 2. The highest BCUT2D eigenvalue weighted by atomic mass is 16.6. The number of carbonyl (C=O) groups is 2. The largest absolute Gasteiger partial charge is 0.436 e. The molecule has 2 aromatic carbocycles. The summed E-state index contributed by atoms with van der Waals surface area (Å²) in [5.41, 5.74) is 3.22. The van der Waals surface area contributed by atoms with Gasteiger partial charge in [-0.1, -0.05) is 68.4 Å². The minimum absolute atomic E-state index is 0.0504. The second kappa shape index (κ2) is 10.3. The Labute approximate surface area is 200 Å². The molecule has 3 atom stereocenters. The van der Waals surface area contributed by atoms with Gasteiger partial charge in [0.2, 0.25) is 0 Å². The van der Waals surface area contributed by atoms with Gasteiger partial charge in [0.05, 0.1) is 19.3 Å². The van der Waals surface area contributed by atoms with Crippen molar-refractivity contribution in [3.8, 4) is 6.07 Å². The summed E-state index contributed by atoms with van der Waals surface area (Å²) < 4.78 is 11.4. The maximum Gasteiger partial charge on any atom is 0.410 e. The average molecular weight is 462 g/mol. The Morgan fingerprint density at radius 1 is 1.15 bits per heavy atom. The van der Waals surface area contributed by atoms with Crippen molar-refractivity contribution in [1.29, 1.82) is 5.26 Å². The zero-order chi connectivity index (χ0) is 24.1. The third kappa shape index (κ3) is 5.75. The lowest BCUT2D eigenvalue weighted by molar-refractivity contribution is -0.132. The lowest BCUT2D eigenvalue weighted by Gasteiger charge is -2.30. The fourth-order valence-electron chi connectivity index (χ4n) is 4.41. The monoisotopic (exact) mass is 461 g/mol. The van der Waals surface area contributed by atoms with E-state index in [0.717, 1.165) is 24.0 Å². The zero-order valence-electron chi connectivity index (χ0n) is 19.7. The molecule has 1 saturated carbocycles. The van der Waals surface area contributed by atoms with Gasteiger partial charge in [-0.2, -0.15) is 5.26 Å².